The standard InChI is InChI=1S/C22H22ClN3O/c23-19-7-5-16(6-8-19)17-9-12-26(13-10-17)14-11-24-22(27)21-15-18-3-1-2-4-20(18)25-21/h1-9,15,25H,10-14H2,(H,24,27). The fourth-order valence-corrected chi connectivity index (χ4v) is 3.58. The van der Waals surface area contributed by atoms with Crippen LogP contribution >= 0.6 is 11.6 Å². The fraction of sp³-hybridized carbons (Fsp3) is 0.227. The van der Waals surface area contributed by atoms with Crippen molar-refractivity contribution in [2.45, 2.75) is 6.42 Å². The molecule has 1 aliphatic heterocycles. The first-order chi connectivity index (χ1) is 13.2. The highest BCUT2D eigenvalue weighted by Gasteiger charge is 2.14. The van der Waals surface area contributed by atoms with Gasteiger partial charge in [-0.2, -0.15) is 0 Å². The molecule has 0 atom stereocenters. The van der Waals surface area contributed by atoms with E-state index in [1.54, 1.807) is 0 Å². The number of carbonyl (C=O) groups excluding carboxylic acids is 1. The SMILES string of the molecule is O=C(NCCN1CC=C(c2ccc(Cl)cc2)CC1)c1cc2ccccc2[nH]1. The lowest BCUT2D eigenvalue weighted by Gasteiger charge is -2.26. The molecule has 1 amide bonds. The normalized spacial score (nSPS) is 14.9. The van der Waals surface area contributed by atoms with Crippen LogP contribution in [0, 0.1) is 0 Å². The van der Waals surface area contributed by atoms with E-state index in [0.29, 0.717) is 12.2 Å². The van der Waals surface area contributed by atoms with E-state index < -0.39 is 0 Å². The fourth-order valence-electron chi connectivity index (χ4n) is 3.46. The summed E-state index contributed by atoms with van der Waals surface area (Å²) in [5, 5.41) is 4.83. The first kappa shape index (κ1) is 17.8. The van der Waals surface area contributed by atoms with Crippen molar-refractivity contribution in [3.8, 4) is 0 Å². The van der Waals surface area contributed by atoms with Crippen LogP contribution in [0.25, 0.3) is 16.5 Å². The highest BCUT2D eigenvalue weighted by Crippen LogP contribution is 2.23. The van der Waals surface area contributed by atoms with E-state index in [0.717, 1.165) is 42.0 Å². The van der Waals surface area contributed by atoms with Crippen LogP contribution in [0.3, 0.4) is 0 Å². The molecule has 1 aromatic heterocycles. The summed E-state index contributed by atoms with van der Waals surface area (Å²) >= 11 is 5.96. The van der Waals surface area contributed by atoms with Gasteiger partial charge in [0, 0.05) is 42.1 Å². The van der Waals surface area contributed by atoms with Gasteiger partial charge in [-0.3, -0.25) is 9.69 Å². The number of nitrogens with one attached hydrogen (secondary N) is 2. The summed E-state index contributed by atoms with van der Waals surface area (Å²) in [4.78, 5) is 17.9. The molecule has 0 saturated carbocycles. The van der Waals surface area contributed by atoms with Gasteiger partial charge in [0.1, 0.15) is 5.69 Å². The smallest absolute Gasteiger partial charge is 0.267 e. The van der Waals surface area contributed by atoms with E-state index >= 15 is 0 Å². The Morgan fingerprint density at radius 2 is 1.96 bits per heavy atom. The molecule has 0 fully saturated rings. The number of fused-ring (bicyclic) bond motifs is 1. The van der Waals surface area contributed by atoms with Gasteiger partial charge in [0.2, 0.25) is 0 Å². The van der Waals surface area contributed by atoms with Crippen LogP contribution in [0.5, 0.6) is 0 Å². The Balaban J connectivity index is 1.27. The van der Waals surface area contributed by atoms with E-state index in [4.69, 9.17) is 11.6 Å². The summed E-state index contributed by atoms with van der Waals surface area (Å²) in [7, 11) is 0. The van der Waals surface area contributed by atoms with E-state index in [-0.39, 0.29) is 5.91 Å². The minimum atomic E-state index is -0.0550. The maximum atomic E-state index is 12.3. The van der Waals surface area contributed by atoms with Gasteiger partial charge in [0.05, 0.1) is 0 Å². The molecule has 0 bridgehead atoms. The number of H-pyrrole nitrogens is 1. The molecule has 4 rings (SSSR count). The van der Waals surface area contributed by atoms with Crippen molar-refractivity contribution in [2.75, 3.05) is 26.2 Å². The molecule has 5 heteroatoms. The second-order valence-corrected chi connectivity index (χ2v) is 7.25. The largest absolute Gasteiger partial charge is 0.351 e. The number of aromatic amines is 1. The Kier molecular flexibility index (Phi) is 5.28. The molecule has 3 aromatic rings. The Morgan fingerprint density at radius 3 is 2.70 bits per heavy atom. The molecule has 1 aliphatic rings. The van der Waals surface area contributed by atoms with Crippen LogP contribution in [-0.2, 0) is 0 Å². The first-order valence-corrected chi connectivity index (χ1v) is 9.60. The summed E-state index contributed by atoms with van der Waals surface area (Å²) in [6, 6.07) is 17.8. The van der Waals surface area contributed by atoms with E-state index in [2.05, 4.69) is 33.4 Å². The Labute approximate surface area is 163 Å². The lowest BCUT2D eigenvalue weighted by atomic mass is 10.00. The maximum Gasteiger partial charge on any atom is 0.267 e. The predicted octanol–water partition coefficient (Wildman–Crippen LogP) is 4.34. The minimum absolute atomic E-state index is 0.0550. The highest BCUT2D eigenvalue weighted by atomic mass is 35.5. The van der Waals surface area contributed by atoms with Gasteiger partial charge in [-0.1, -0.05) is 48.0 Å². The zero-order valence-electron chi connectivity index (χ0n) is 15.0. The summed E-state index contributed by atoms with van der Waals surface area (Å²) in [5.41, 5.74) is 4.20. The molecular weight excluding hydrogens is 358 g/mol. The first-order valence-electron chi connectivity index (χ1n) is 9.22. The summed E-state index contributed by atoms with van der Waals surface area (Å²) in [5.74, 6) is -0.0550. The second-order valence-electron chi connectivity index (χ2n) is 6.81. The molecule has 2 N–H and O–H groups in total. The van der Waals surface area contributed by atoms with Crippen molar-refractivity contribution < 1.29 is 4.79 Å². The van der Waals surface area contributed by atoms with Crippen molar-refractivity contribution >= 4 is 34.0 Å². The monoisotopic (exact) mass is 379 g/mol. The van der Waals surface area contributed by atoms with E-state index in [1.165, 1.54) is 11.1 Å². The number of benzene rings is 2. The quantitative estimate of drug-likeness (QED) is 0.692. The van der Waals surface area contributed by atoms with Crippen LogP contribution in [0.2, 0.25) is 5.02 Å². The maximum absolute atomic E-state index is 12.3. The molecule has 0 saturated heterocycles. The number of nitrogens with zero attached hydrogens (tertiary/aromatic N) is 1. The van der Waals surface area contributed by atoms with Gasteiger partial charge >= 0.3 is 0 Å². The minimum Gasteiger partial charge on any atom is -0.351 e. The number of amides is 1. The van der Waals surface area contributed by atoms with Crippen LogP contribution in [-0.4, -0.2) is 42.0 Å². The van der Waals surface area contributed by atoms with E-state index in [1.807, 2.05) is 42.5 Å². The van der Waals surface area contributed by atoms with Gasteiger partial charge in [0.25, 0.3) is 5.91 Å². The van der Waals surface area contributed by atoms with Crippen LogP contribution < -0.4 is 5.32 Å². The number of hydrogen-bond donors (Lipinski definition) is 2. The van der Waals surface area contributed by atoms with Gasteiger partial charge in [-0.25, -0.2) is 0 Å². The van der Waals surface area contributed by atoms with E-state index in [9.17, 15) is 4.79 Å². The third-order valence-electron chi connectivity index (χ3n) is 5.00. The number of carbonyl (C=O) groups is 1. The molecular formula is C22H22ClN3O. The molecule has 0 radical (unpaired) electrons. The van der Waals surface area contributed by atoms with Crippen LogP contribution in [0.4, 0.5) is 0 Å². The van der Waals surface area contributed by atoms with Crippen LogP contribution in [0.1, 0.15) is 22.5 Å². The van der Waals surface area contributed by atoms with Crippen molar-refractivity contribution in [2.24, 2.45) is 0 Å². The van der Waals surface area contributed by atoms with Crippen LogP contribution in [0.15, 0.2) is 60.7 Å². The molecule has 0 aliphatic carbocycles. The van der Waals surface area contributed by atoms with Gasteiger partial charge in [-0.05, 0) is 41.8 Å². The molecule has 27 heavy (non-hydrogen) atoms. The topological polar surface area (TPSA) is 48.1 Å². The van der Waals surface area contributed by atoms with Crippen molar-refractivity contribution in [3.63, 3.8) is 0 Å². The zero-order chi connectivity index (χ0) is 18.6. The number of para-hydroxylation sites is 1. The summed E-state index contributed by atoms with van der Waals surface area (Å²) in [6.07, 6.45) is 3.28. The summed E-state index contributed by atoms with van der Waals surface area (Å²) in [6.45, 7) is 3.38. The molecule has 138 valence electrons. The van der Waals surface area contributed by atoms with Gasteiger partial charge in [-0.15, -0.1) is 0 Å². The number of aromatic nitrogens is 1. The molecule has 0 spiro atoms. The Hall–Kier alpha value is -2.56. The number of halogens is 1. The number of hydrogen-bond acceptors (Lipinski definition) is 2. The molecule has 0 unspecified atom stereocenters. The molecule has 2 heterocycles. The van der Waals surface area contributed by atoms with Gasteiger partial charge in [0.15, 0.2) is 0 Å². The number of rotatable bonds is 5. The third kappa shape index (κ3) is 4.24. The van der Waals surface area contributed by atoms with Gasteiger partial charge < -0.3 is 10.3 Å². The average molecular weight is 380 g/mol. The van der Waals surface area contributed by atoms with Crippen molar-refractivity contribution in [1.82, 2.24) is 15.2 Å². The summed E-state index contributed by atoms with van der Waals surface area (Å²) < 4.78 is 0. The lowest BCUT2D eigenvalue weighted by Crippen LogP contribution is -2.37. The molecule has 4 nitrogen and oxygen atoms in total. The Morgan fingerprint density at radius 1 is 1.15 bits per heavy atom. The highest BCUT2D eigenvalue weighted by molar-refractivity contribution is 6.30. The lowest BCUT2D eigenvalue weighted by molar-refractivity contribution is 0.0945. The Bertz CT molecular complexity index is 942. The predicted molar refractivity (Wildman–Crippen MR) is 111 cm³/mol. The second kappa shape index (κ2) is 7.99. The van der Waals surface area contributed by atoms with Crippen molar-refractivity contribution in [1.29, 1.82) is 0 Å². The average Bonchev–Trinajstić information content (AvgIpc) is 3.14. The molecule has 2 aromatic carbocycles. The van der Waals surface area contributed by atoms with Crippen molar-refractivity contribution in [3.05, 3.63) is 77.0 Å². The third-order valence-corrected chi connectivity index (χ3v) is 5.25. The zero-order valence-corrected chi connectivity index (χ0v) is 15.8.